The van der Waals surface area contributed by atoms with Crippen LogP contribution in [0.15, 0.2) is 55.4 Å². The number of carboxylic acids is 1. The Bertz CT molecular complexity index is 1210. The number of H-pyrrole nitrogens is 2. The van der Waals surface area contributed by atoms with Gasteiger partial charge in [0, 0.05) is 43.0 Å². The van der Waals surface area contributed by atoms with Crippen LogP contribution in [0, 0.1) is 5.92 Å². The Labute approximate surface area is 225 Å². The third kappa shape index (κ3) is 8.78. The number of amides is 3. The highest BCUT2D eigenvalue weighted by atomic mass is 16.4. The fourth-order valence-corrected chi connectivity index (χ4v) is 3.93. The van der Waals surface area contributed by atoms with Gasteiger partial charge in [0.2, 0.25) is 17.7 Å². The topological polar surface area (TPSA) is 208 Å². The fraction of sp³-hybridized carbons (Fsp3) is 0.385. The van der Waals surface area contributed by atoms with Gasteiger partial charge in [-0.15, -0.1) is 0 Å². The first-order valence-electron chi connectivity index (χ1n) is 12.5. The van der Waals surface area contributed by atoms with Crippen LogP contribution in [0.3, 0.4) is 0 Å². The van der Waals surface area contributed by atoms with Gasteiger partial charge in [-0.05, 0) is 11.5 Å². The highest BCUT2D eigenvalue weighted by Crippen LogP contribution is 2.08. The van der Waals surface area contributed by atoms with Crippen molar-refractivity contribution in [3.05, 3.63) is 72.3 Å². The van der Waals surface area contributed by atoms with Crippen LogP contribution in [0.25, 0.3) is 0 Å². The summed E-state index contributed by atoms with van der Waals surface area (Å²) in [7, 11) is 0. The maximum Gasteiger partial charge on any atom is 0.326 e. The molecule has 208 valence electrons. The molecule has 0 saturated heterocycles. The number of aliphatic carboxylic acids is 1. The van der Waals surface area contributed by atoms with Gasteiger partial charge in [0.1, 0.15) is 18.1 Å². The second-order valence-electron chi connectivity index (χ2n) is 9.55. The molecule has 0 fully saturated rings. The van der Waals surface area contributed by atoms with Crippen LogP contribution in [-0.4, -0.2) is 72.9 Å². The lowest BCUT2D eigenvalue weighted by Crippen LogP contribution is -2.58. The molecule has 13 nitrogen and oxygen atoms in total. The summed E-state index contributed by atoms with van der Waals surface area (Å²) in [6, 6.07) is 4.67. The molecule has 3 amide bonds. The minimum Gasteiger partial charge on any atom is -0.480 e. The Morgan fingerprint density at radius 3 is 1.90 bits per heavy atom. The van der Waals surface area contributed by atoms with Crippen molar-refractivity contribution in [1.29, 1.82) is 0 Å². The molecule has 2 heterocycles. The van der Waals surface area contributed by atoms with Crippen molar-refractivity contribution in [3.63, 3.8) is 0 Å². The van der Waals surface area contributed by atoms with Crippen LogP contribution < -0.4 is 21.7 Å². The van der Waals surface area contributed by atoms with E-state index in [1.54, 1.807) is 44.3 Å². The molecule has 3 aromatic rings. The van der Waals surface area contributed by atoms with E-state index < -0.39 is 47.9 Å². The SMILES string of the molecule is CC(C)C(NC(=O)C(Cc1ccccc1)NC(=O)C(Cc1cnc[nH]1)NC(=O)C(N)Cc1cnc[nH]1)C(=O)O. The molecule has 39 heavy (non-hydrogen) atoms. The third-order valence-electron chi connectivity index (χ3n) is 6.09. The van der Waals surface area contributed by atoms with Crippen LogP contribution in [0.4, 0.5) is 0 Å². The number of rotatable bonds is 14. The van der Waals surface area contributed by atoms with Crippen LogP contribution in [0.1, 0.15) is 30.8 Å². The molecule has 3 rings (SSSR count). The van der Waals surface area contributed by atoms with Gasteiger partial charge in [0.05, 0.1) is 18.7 Å². The van der Waals surface area contributed by atoms with E-state index in [0.717, 1.165) is 5.56 Å². The lowest BCUT2D eigenvalue weighted by Gasteiger charge is -2.26. The summed E-state index contributed by atoms with van der Waals surface area (Å²) in [5.41, 5.74) is 8.05. The van der Waals surface area contributed by atoms with Crippen LogP contribution >= 0.6 is 0 Å². The Kier molecular flexibility index (Phi) is 10.3. The summed E-state index contributed by atoms with van der Waals surface area (Å²) in [6.45, 7) is 3.35. The number of aromatic nitrogens is 4. The number of nitrogens with two attached hydrogens (primary N) is 1. The van der Waals surface area contributed by atoms with Crippen molar-refractivity contribution < 1.29 is 24.3 Å². The van der Waals surface area contributed by atoms with Gasteiger partial charge < -0.3 is 36.8 Å². The molecular weight excluding hydrogens is 504 g/mol. The zero-order valence-electron chi connectivity index (χ0n) is 21.8. The monoisotopic (exact) mass is 538 g/mol. The van der Waals surface area contributed by atoms with E-state index in [4.69, 9.17) is 5.73 Å². The maximum atomic E-state index is 13.5. The van der Waals surface area contributed by atoms with E-state index in [-0.39, 0.29) is 25.2 Å². The standard InChI is InChI=1S/C26H34N8O5/c1-15(2)22(26(38)39)34-25(37)20(8-16-6-4-3-5-7-16)33-24(36)21(10-18-12-29-14-31-18)32-23(35)19(27)9-17-11-28-13-30-17/h3-7,11-15,19-22H,8-10,27H2,1-2H3,(H,28,30)(H,29,31)(H,32,35)(H,33,36)(H,34,37)(H,38,39). The summed E-state index contributed by atoms with van der Waals surface area (Å²) >= 11 is 0. The normalized spacial score (nSPS) is 14.2. The van der Waals surface area contributed by atoms with Gasteiger partial charge in [0.25, 0.3) is 0 Å². The number of nitrogens with one attached hydrogen (secondary N) is 5. The maximum absolute atomic E-state index is 13.5. The number of hydrogen-bond donors (Lipinski definition) is 7. The number of aromatic amines is 2. The van der Waals surface area contributed by atoms with Crippen molar-refractivity contribution in [3.8, 4) is 0 Å². The molecule has 0 aliphatic heterocycles. The van der Waals surface area contributed by atoms with Gasteiger partial charge in [0.15, 0.2) is 0 Å². The second kappa shape index (κ2) is 13.9. The van der Waals surface area contributed by atoms with E-state index in [0.29, 0.717) is 11.4 Å². The summed E-state index contributed by atoms with van der Waals surface area (Å²) in [4.78, 5) is 64.9. The zero-order valence-corrected chi connectivity index (χ0v) is 21.8. The van der Waals surface area contributed by atoms with Crippen LogP contribution in [-0.2, 0) is 38.4 Å². The van der Waals surface area contributed by atoms with E-state index in [2.05, 4.69) is 35.9 Å². The molecule has 0 bridgehead atoms. The second-order valence-corrected chi connectivity index (χ2v) is 9.55. The molecule has 2 aromatic heterocycles. The van der Waals surface area contributed by atoms with Gasteiger partial charge in [-0.3, -0.25) is 14.4 Å². The molecule has 0 saturated carbocycles. The van der Waals surface area contributed by atoms with Crippen molar-refractivity contribution in [1.82, 2.24) is 35.9 Å². The molecule has 4 unspecified atom stereocenters. The predicted molar refractivity (Wildman–Crippen MR) is 141 cm³/mol. The summed E-state index contributed by atoms with van der Waals surface area (Å²) < 4.78 is 0. The first-order valence-corrected chi connectivity index (χ1v) is 12.5. The lowest BCUT2D eigenvalue weighted by atomic mass is 10.0. The van der Waals surface area contributed by atoms with Gasteiger partial charge in [-0.25, -0.2) is 14.8 Å². The van der Waals surface area contributed by atoms with E-state index in [1.165, 1.54) is 18.9 Å². The number of nitrogens with zero attached hydrogens (tertiary/aromatic N) is 2. The molecule has 0 aliphatic carbocycles. The minimum absolute atomic E-state index is 0.0533. The Morgan fingerprint density at radius 2 is 1.36 bits per heavy atom. The smallest absolute Gasteiger partial charge is 0.326 e. The Hall–Kier alpha value is -4.52. The molecule has 0 radical (unpaired) electrons. The summed E-state index contributed by atoms with van der Waals surface area (Å²) in [6.07, 6.45) is 6.32. The largest absolute Gasteiger partial charge is 0.480 e. The zero-order chi connectivity index (χ0) is 28.4. The van der Waals surface area contributed by atoms with Crippen molar-refractivity contribution >= 4 is 23.7 Å². The Balaban J connectivity index is 1.79. The fourth-order valence-electron chi connectivity index (χ4n) is 3.93. The molecule has 4 atom stereocenters. The molecule has 1 aromatic carbocycles. The quantitative estimate of drug-likeness (QED) is 0.144. The predicted octanol–water partition coefficient (Wildman–Crippen LogP) is -0.317. The number of carbonyl (C=O) groups is 4. The first kappa shape index (κ1) is 29.0. The molecule has 0 aliphatic rings. The summed E-state index contributed by atoms with van der Waals surface area (Å²) in [5.74, 6) is -3.43. The molecule has 8 N–H and O–H groups in total. The van der Waals surface area contributed by atoms with Gasteiger partial charge >= 0.3 is 5.97 Å². The molecule has 13 heteroatoms. The average molecular weight is 539 g/mol. The number of benzene rings is 1. The van der Waals surface area contributed by atoms with Crippen molar-refractivity contribution in [2.45, 2.75) is 57.3 Å². The first-order chi connectivity index (χ1) is 18.6. The number of hydrogen-bond acceptors (Lipinski definition) is 7. The number of carbonyl (C=O) groups excluding carboxylic acids is 3. The van der Waals surface area contributed by atoms with E-state index in [9.17, 15) is 24.3 Å². The van der Waals surface area contributed by atoms with Crippen LogP contribution in [0.5, 0.6) is 0 Å². The van der Waals surface area contributed by atoms with Crippen LogP contribution in [0.2, 0.25) is 0 Å². The van der Waals surface area contributed by atoms with Gasteiger partial charge in [-0.2, -0.15) is 0 Å². The van der Waals surface area contributed by atoms with Crippen molar-refractivity contribution in [2.75, 3.05) is 0 Å². The summed E-state index contributed by atoms with van der Waals surface area (Å²) in [5, 5.41) is 17.4. The van der Waals surface area contributed by atoms with Gasteiger partial charge in [-0.1, -0.05) is 44.2 Å². The van der Waals surface area contributed by atoms with Crippen molar-refractivity contribution in [2.24, 2.45) is 11.7 Å². The average Bonchev–Trinajstić information content (AvgIpc) is 3.61. The highest BCUT2D eigenvalue weighted by Gasteiger charge is 2.32. The highest BCUT2D eigenvalue weighted by molar-refractivity contribution is 5.94. The van der Waals surface area contributed by atoms with E-state index >= 15 is 0 Å². The Morgan fingerprint density at radius 1 is 0.821 bits per heavy atom. The third-order valence-corrected chi connectivity index (χ3v) is 6.09. The lowest BCUT2D eigenvalue weighted by molar-refractivity contribution is -0.143. The molecular formula is C26H34N8O5. The molecule has 0 spiro atoms. The minimum atomic E-state index is -1.18. The van der Waals surface area contributed by atoms with E-state index in [1.807, 2.05) is 6.07 Å². The number of imidazole rings is 2. The number of carboxylic acid groups (broad SMARTS) is 1.